The minimum Gasteiger partial charge on any atom is -0.375 e. The summed E-state index contributed by atoms with van der Waals surface area (Å²) in [5, 5.41) is 4.20. The van der Waals surface area contributed by atoms with Crippen LogP contribution in [-0.4, -0.2) is 19.1 Å². The Balaban J connectivity index is 2.41. The van der Waals surface area contributed by atoms with Gasteiger partial charge in [-0.3, -0.25) is 0 Å². The number of aromatic nitrogens is 1. The lowest BCUT2D eigenvalue weighted by Crippen LogP contribution is -2.06. The van der Waals surface area contributed by atoms with Crippen LogP contribution in [0.1, 0.15) is 23.7 Å². The smallest absolute Gasteiger partial charge is 0.122 e. The molecule has 0 saturated heterocycles. The van der Waals surface area contributed by atoms with E-state index in [2.05, 4.69) is 34.6 Å². The number of ether oxygens (including phenoxy) is 1. The first-order valence-corrected chi connectivity index (χ1v) is 6.80. The van der Waals surface area contributed by atoms with E-state index < -0.39 is 0 Å². The minimum absolute atomic E-state index is 0.0445. The number of thiazole rings is 1. The van der Waals surface area contributed by atoms with Crippen molar-refractivity contribution in [1.82, 2.24) is 10.3 Å². The fourth-order valence-corrected chi connectivity index (χ4v) is 2.86. The van der Waals surface area contributed by atoms with Crippen LogP contribution in [0, 0.1) is 0 Å². The maximum Gasteiger partial charge on any atom is 0.122 e. The van der Waals surface area contributed by atoms with Crippen LogP contribution in [0.5, 0.6) is 0 Å². The fourth-order valence-electron chi connectivity index (χ4n) is 1.75. The van der Waals surface area contributed by atoms with Crippen molar-refractivity contribution < 1.29 is 4.74 Å². The topological polar surface area (TPSA) is 34.2 Å². The number of hydrogen-bond donors (Lipinski definition) is 1. The molecule has 1 aromatic heterocycles. The van der Waals surface area contributed by atoms with Gasteiger partial charge in [-0.25, -0.2) is 4.98 Å². The maximum absolute atomic E-state index is 5.35. The highest BCUT2D eigenvalue weighted by Crippen LogP contribution is 2.33. The van der Waals surface area contributed by atoms with Crippen molar-refractivity contribution in [2.24, 2.45) is 0 Å². The van der Waals surface area contributed by atoms with Crippen LogP contribution in [0.25, 0.3) is 10.4 Å². The summed E-state index contributed by atoms with van der Waals surface area (Å²) in [6, 6.07) is 10.4. The van der Waals surface area contributed by atoms with Crippen molar-refractivity contribution >= 4 is 11.3 Å². The van der Waals surface area contributed by atoms with Gasteiger partial charge >= 0.3 is 0 Å². The Morgan fingerprint density at radius 3 is 2.67 bits per heavy atom. The normalized spacial score (nSPS) is 12.6. The fraction of sp³-hybridized carbons (Fsp3) is 0.357. The molecule has 1 heterocycles. The molecule has 4 heteroatoms. The van der Waals surface area contributed by atoms with Crippen molar-refractivity contribution in [2.75, 3.05) is 14.2 Å². The van der Waals surface area contributed by atoms with Crippen LogP contribution in [0.4, 0.5) is 0 Å². The summed E-state index contributed by atoms with van der Waals surface area (Å²) in [6.45, 7) is 2.80. The zero-order valence-electron chi connectivity index (χ0n) is 10.9. The molecule has 0 aliphatic rings. The number of nitrogens with zero attached hydrogens (tertiary/aromatic N) is 1. The number of nitrogens with one attached hydrogen (secondary N) is 1. The van der Waals surface area contributed by atoms with Crippen LogP contribution in [0.3, 0.4) is 0 Å². The third kappa shape index (κ3) is 2.77. The van der Waals surface area contributed by atoms with Gasteiger partial charge in [-0.15, -0.1) is 11.3 Å². The van der Waals surface area contributed by atoms with E-state index in [0.29, 0.717) is 0 Å². The van der Waals surface area contributed by atoms with E-state index in [4.69, 9.17) is 4.74 Å². The molecule has 0 aliphatic carbocycles. The van der Waals surface area contributed by atoms with Gasteiger partial charge in [0.1, 0.15) is 11.1 Å². The molecular formula is C14H18N2OS. The van der Waals surface area contributed by atoms with E-state index in [0.717, 1.165) is 17.2 Å². The van der Waals surface area contributed by atoms with Crippen molar-refractivity contribution in [3.63, 3.8) is 0 Å². The second kappa shape index (κ2) is 6.09. The Bertz CT molecular complexity index is 496. The lowest BCUT2D eigenvalue weighted by Gasteiger charge is -2.03. The summed E-state index contributed by atoms with van der Waals surface area (Å²) in [5.74, 6) is 0. The largest absolute Gasteiger partial charge is 0.375 e. The van der Waals surface area contributed by atoms with Crippen molar-refractivity contribution in [1.29, 1.82) is 0 Å². The summed E-state index contributed by atoms with van der Waals surface area (Å²) < 4.78 is 5.35. The number of rotatable bonds is 5. The molecule has 1 N–H and O–H groups in total. The van der Waals surface area contributed by atoms with Crippen LogP contribution in [0.15, 0.2) is 30.3 Å². The zero-order chi connectivity index (χ0) is 13.0. The van der Waals surface area contributed by atoms with Crippen LogP contribution in [0.2, 0.25) is 0 Å². The molecular weight excluding hydrogens is 244 g/mol. The second-order valence-corrected chi connectivity index (χ2v) is 5.13. The van der Waals surface area contributed by atoms with Gasteiger partial charge in [-0.1, -0.05) is 30.3 Å². The first-order valence-electron chi connectivity index (χ1n) is 5.98. The van der Waals surface area contributed by atoms with Gasteiger partial charge in [0, 0.05) is 13.7 Å². The van der Waals surface area contributed by atoms with Crippen molar-refractivity contribution in [3.05, 3.63) is 41.0 Å². The third-order valence-electron chi connectivity index (χ3n) is 2.80. The monoisotopic (exact) mass is 262 g/mol. The van der Waals surface area contributed by atoms with E-state index in [1.807, 2.05) is 20.0 Å². The van der Waals surface area contributed by atoms with Gasteiger partial charge in [0.15, 0.2) is 0 Å². The molecule has 0 spiro atoms. The lowest BCUT2D eigenvalue weighted by molar-refractivity contribution is 0.119. The predicted octanol–water partition coefficient (Wildman–Crippen LogP) is 3.24. The average molecular weight is 262 g/mol. The molecule has 18 heavy (non-hydrogen) atoms. The molecule has 0 bridgehead atoms. The summed E-state index contributed by atoms with van der Waals surface area (Å²) in [5.41, 5.74) is 2.31. The summed E-state index contributed by atoms with van der Waals surface area (Å²) >= 11 is 1.71. The van der Waals surface area contributed by atoms with Gasteiger partial charge in [0.05, 0.1) is 10.6 Å². The Morgan fingerprint density at radius 1 is 1.33 bits per heavy atom. The molecule has 96 valence electrons. The molecule has 1 aromatic carbocycles. The number of benzene rings is 1. The average Bonchev–Trinajstić information content (AvgIpc) is 2.83. The quantitative estimate of drug-likeness (QED) is 0.898. The number of methoxy groups -OCH3 is 1. The van der Waals surface area contributed by atoms with E-state index in [1.165, 1.54) is 10.4 Å². The summed E-state index contributed by atoms with van der Waals surface area (Å²) in [6.07, 6.45) is 0.0445. The van der Waals surface area contributed by atoms with Crippen LogP contribution < -0.4 is 5.32 Å². The zero-order valence-corrected chi connectivity index (χ0v) is 11.8. The molecule has 2 aromatic rings. The van der Waals surface area contributed by atoms with Gasteiger partial charge in [0.25, 0.3) is 0 Å². The first kappa shape index (κ1) is 13.2. The molecule has 0 radical (unpaired) electrons. The Morgan fingerprint density at radius 2 is 2.06 bits per heavy atom. The minimum atomic E-state index is 0.0445. The second-order valence-electron chi connectivity index (χ2n) is 4.10. The van der Waals surface area contributed by atoms with Crippen molar-refractivity contribution in [3.8, 4) is 10.4 Å². The summed E-state index contributed by atoms with van der Waals surface area (Å²) in [4.78, 5) is 5.90. The molecule has 2 rings (SSSR count). The highest BCUT2D eigenvalue weighted by molar-refractivity contribution is 7.15. The van der Waals surface area contributed by atoms with E-state index in [1.54, 1.807) is 18.4 Å². The lowest BCUT2D eigenvalue weighted by atomic mass is 10.1. The summed E-state index contributed by atoms with van der Waals surface area (Å²) in [7, 11) is 3.65. The first-order chi connectivity index (χ1) is 8.76. The van der Waals surface area contributed by atoms with Crippen LogP contribution in [-0.2, 0) is 11.3 Å². The van der Waals surface area contributed by atoms with E-state index in [9.17, 15) is 0 Å². The highest BCUT2D eigenvalue weighted by atomic mass is 32.1. The number of hydrogen-bond acceptors (Lipinski definition) is 4. The maximum atomic E-state index is 5.35. The molecule has 1 unspecified atom stereocenters. The van der Waals surface area contributed by atoms with E-state index in [-0.39, 0.29) is 6.10 Å². The molecule has 1 atom stereocenters. The molecule has 0 aliphatic heterocycles. The molecule has 0 saturated carbocycles. The van der Waals surface area contributed by atoms with E-state index >= 15 is 0 Å². The Hall–Kier alpha value is -1.23. The van der Waals surface area contributed by atoms with Gasteiger partial charge < -0.3 is 10.1 Å². The van der Waals surface area contributed by atoms with Gasteiger partial charge in [0.2, 0.25) is 0 Å². The van der Waals surface area contributed by atoms with Crippen LogP contribution >= 0.6 is 11.3 Å². The molecule has 0 amide bonds. The molecule has 3 nitrogen and oxygen atoms in total. The Kier molecular flexibility index (Phi) is 4.47. The molecule has 0 fully saturated rings. The van der Waals surface area contributed by atoms with Gasteiger partial charge in [-0.05, 0) is 19.5 Å². The third-order valence-corrected chi connectivity index (χ3v) is 4.10. The standard InChI is InChI=1S/C14H18N2OS/c1-10(17-3)14-16-12(9-15-2)13(18-14)11-7-5-4-6-8-11/h4-8,10,15H,9H2,1-3H3. The predicted molar refractivity (Wildman–Crippen MR) is 75.7 cm³/mol. The Labute approximate surface area is 112 Å². The highest BCUT2D eigenvalue weighted by Gasteiger charge is 2.16. The van der Waals surface area contributed by atoms with Crippen molar-refractivity contribution in [2.45, 2.75) is 19.6 Å². The van der Waals surface area contributed by atoms with Gasteiger partial charge in [-0.2, -0.15) is 0 Å². The SMILES string of the molecule is CNCc1nc(C(C)OC)sc1-c1ccccc1.